The van der Waals surface area contributed by atoms with Gasteiger partial charge in [-0.1, -0.05) is 47.5 Å². The molecule has 1 amide bonds. The maximum absolute atomic E-state index is 13.5. The number of benzene rings is 2. The van der Waals surface area contributed by atoms with Crippen LogP contribution in [0.3, 0.4) is 0 Å². The molecule has 5 aromatic rings. The molecule has 2 aliphatic rings. The summed E-state index contributed by atoms with van der Waals surface area (Å²) in [5.74, 6) is -0.0207. The van der Waals surface area contributed by atoms with Gasteiger partial charge in [-0.25, -0.2) is 9.97 Å². The second kappa shape index (κ2) is 13.3. The van der Waals surface area contributed by atoms with Gasteiger partial charge in [0.05, 0.1) is 51.7 Å². The highest BCUT2D eigenvalue weighted by Gasteiger charge is 2.33. The lowest BCUT2D eigenvalue weighted by Gasteiger charge is -2.38. The average Bonchev–Trinajstić information content (AvgIpc) is 3.55. The summed E-state index contributed by atoms with van der Waals surface area (Å²) in [5, 5.41) is 11.7. The van der Waals surface area contributed by atoms with Gasteiger partial charge in [0, 0.05) is 36.3 Å². The van der Waals surface area contributed by atoms with Crippen LogP contribution in [0.5, 0.6) is 0 Å². The quantitative estimate of drug-likeness (QED) is 0.178. The predicted octanol–water partition coefficient (Wildman–Crippen LogP) is 6.91. The lowest BCUT2D eigenvalue weighted by atomic mass is 9.93. The Bertz CT molecular complexity index is 1970. The van der Waals surface area contributed by atoms with E-state index in [2.05, 4.69) is 35.6 Å². The van der Waals surface area contributed by atoms with Crippen LogP contribution in [0.4, 0.5) is 17.2 Å². The molecular weight excluding hydrogens is 639 g/mol. The number of carbonyl (C=O) groups is 2. The Morgan fingerprint density at radius 2 is 1.60 bits per heavy atom. The van der Waals surface area contributed by atoms with Crippen LogP contribution >= 0.6 is 23.2 Å². The molecule has 0 unspecified atom stereocenters. The van der Waals surface area contributed by atoms with E-state index in [1.54, 1.807) is 30.7 Å². The number of hydrogen-bond donors (Lipinski definition) is 2. The van der Waals surface area contributed by atoms with E-state index in [0.717, 1.165) is 51.0 Å². The van der Waals surface area contributed by atoms with E-state index in [0.29, 0.717) is 55.1 Å². The highest BCUT2D eigenvalue weighted by atomic mass is 35.5. The van der Waals surface area contributed by atoms with Crippen molar-refractivity contribution in [1.29, 1.82) is 0 Å². The van der Waals surface area contributed by atoms with Gasteiger partial charge in [-0.2, -0.15) is 5.10 Å². The molecule has 13 heteroatoms. The largest absolute Gasteiger partial charge is 0.469 e. The minimum absolute atomic E-state index is 0.0590. The molecule has 47 heavy (non-hydrogen) atoms. The zero-order chi connectivity index (χ0) is 32.5. The number of amides is 1. The van der Waals surface area contributed by atoms with Crippen LogP contribution < -0.4 is 10.6 Å². The number of hydrogen-bond acceptors (Lipinski definition) is 9. The number of aryl methyl sites for hydroxylation is 1. The molecule has 0 saturated carbocycles. The molecule has 1 fully saturated rings. The molecule has 3 aromatic heterocycles. The van der Waals surface area contributed by atoms with Crippen molar-refractivity contribution in [2.45, 2.75) is 38.3 Å². The van der Waals surface area contributed by atoms with Crippen LogP contribution in [-0.4, -0.2) is 61.7 Å². The van der Waals surface area contributed by atoms with E-state index < -0.39 is 0 Å². The minimum atomic E-state index is -0.348. The lowest BCUT2D eigenvalue weighted by molar-refractivity contribution is -0.147. The third-order valence-electron chi connectivity index (χ3n) is 8.91. The summed E-state index contributed by atoms with van der Waals surface area (Å²) in [6.07, 6.45) is 8.36. The summed E-state index contributed by atoms with van der Waals surface area (Å²) in [7, 11) is 1.44. The minimum Gasteiger partial charge on any atom is -0.469 e. The zero-order valence-electron chi connectivity index (χ0n) is 25.6. The Balaban J connectivity index is 1.10. The van der Waals surface area contributed by atoms with Gasteiger partial charge in [0.2, 0.25) is 0 Å². The van der Waals surface area contributed by atoms with Gasteiger partial charge in [-0.3, -0.25) is 24.2 Å². The van der Waals surface area contributed by atoms with Gasteiger partial charge in [0.25, 0.3) is 5.91 Å². The maximum atomic E-state index is 13.5. The first-order valence-electron chi connectivity index (χ1n) is 15.5. The fourth-order valence-corrected chi connectivity index (χ4v) is 7.08. The molecule has 0 aliphatic carbocycles. The summed E-state index contributed by atoms with van der Waals surface area (Å²) in [5.41, 5.74) is 5.07. The summed E-state index contributed by atoms with van der Waals surface area (Å²) in [4.78, 5) is 41.1. The number of fused-ring (bicyclic) bond motifs is 2. The van der Waals surface area contributed by atoms with Crippen molar-refractivity contribution in [3.63, 3.8) is 0 Å². The Hall–Kier alpha value is -4.58. The standard InChI is InChI=1S/C34H32Cl2N8O3/c1-47-34(46)20-11-17-43(18-12-20)27-9-4-16-44-28(27)19-26(42-44)33(45)41-24-8-3-6-22(30(24)36)21-5-2-7-23(29(21)35)40-32-31-25(10-13-39-32)37-14-15-38-31/h2-3,5-8,10,13-15,19-20,27H,4,9,11-12,16-18H2,1H3,(H,39,40)(H,41,45)/t27-/m0/s1. The summed E-state index contributed by atoms with van der Waals surface area (Å²) in [6, 6.07) is 14.8. The second-order valence-electron chi connectivity index (χ2n) is 11.7. The van der Waals surface area contributed by atoms with Crippen LogP contribution in [0.2, 0.25) is 10.0 Å². The second-order valence-corrected chi connectivity index (χ2v) is 12.4. The molecule has 7 rings (SSSR count). The van der Waals surface area contributed by atoms with E-state index >= 15 is 0 Å². The van der Waals surface area contributed by atoms with Gasteiger partial charge in [0.1, 0.15) is 5.52 Å². The normalized spacial score (nSPS) is 16.9. The van der Waals surface area contributed by atoms with Gasteiger partial charge in [-0.15, -0.1) is 0 Å². The molecule has 240 valence electrons. The number of nitrogens with zero attached hydrogens (tertiary/aromatic N) is 6. The van der Waals surface area contributed by atoms with Crippen LogP contribution in [-0.2, 0) is 16.1 Å². The number of nitrogens with one attached hydrogen (secondary N) is 2. The summed E-state index contributed by atoms with van der Waals surface area (Å²) in [6.45, 7) is 2.34. The fourth-order valence-electron chi connectivity index (χ4n) is 6.53. The lowest BCUT2D eigenvalue weighted by Crippen LogP contribution is -2.40. The third kappa shape index (κ3) is 6.14. The van der Waals surface area contributed by atoms with Crippen LogP contribution in [0.25, 0.3) is 22.2 Å². The molecule has 11 nitrogen and oxygen atoms in total. The third-order valence-corrected chi connectivity index (χ3v) is 9.73. The van der Waals surface area contributed by atoms with Crippen molar-refractivity contribution < 1.29 is 14.3 Å². The number of rotatable bonds is 7. The number of piperidine rings is 1. The fraction of sp³-hybridized carbons (Fsp3) is 0.294. The molecular formula is C34H32Cl2N8O3. The Morgan fingerprint density at radius 3 is 2.36 bits per heavy atom. The number of anilines is 3. The Labute approximate surface area is 281 Å². The van der Waals surface area contributed by atoms with Crippen molar-refractivity contribution in [2.24, 2.45) is 5.92 Å². The molecule has 2 N–H and O–H groups in total. The van der Waals surface area contributed by atoms with E-state index in [-0.39, 0.29) is 23.8 Å². The number of esters is 1. The van der Waals surface area contributed by atoms with Crippen molar-refractivity contribution in [3.05, 3.63) is 88.6 Å². The highest BCUT2D eigenvalue weighted by Crippen LogP contribution is 2.41. The molecule has 0 bridgehead atoms. The molecule has 2 aliphatic heterocycles. The molecule has 0 radical (unpaired) electrons. The predicted molar refractivity (Wildman–Crippen MR) is 181 cm³/mol. The van der Waals surface area contributed by atoms with E-state index in [1.165, 1.54) is 7.11 Å². The van der Waals surface area contributed by atoms with Crippen molar-refractivity contribution >= 4 is 63.3 Å². The molecule has 1 saturated heterocycles. The average molecular weight is 672 g/mol. The molecule has 0 spiro atoms. The summed E-state index contributed by atoms with van der Waals surface area (Å²) >= 11 is 13.8. The number of carbonyl (C=O) groups excluding carboxylic acids is 2. The van der Waals surface area contributed by atoms with Crippen molar-refractivity contribution in [3.8, 4) is 11.1 Å². The van der Waals surface area contributed by atoms with Crippen LogP contribution in [0.1, 0.15) is 47.9 Å². The summed E-state index contributed by atoms with van der Waals surface area (Å²) < 4.78 is 6.88. The van der Waals surface area contributed by atoms with Gasteiger partial charge < -0.3 is 15.4 Å². The van der Waals surface area contributed by atoms with Gasteiger partial charge >= 0.3 is 5.97 Å². The maximum Gasteiger partial charge on any atom is 0.308 e. The van der Waals surface area contributed by atoms with E-state index in [4.69, 9.17) is 27.9 Å². The number of methoxy groups -OCH3 is 1. The first kappa shape index (κ1) is 31.0. The number of pyridine rings is 1. The van der Waals surface area contributed by atoms with Crippen molar-refractivity contribution in [2.75, 3.05) is 30.8 Å². The topological polar surface area (TPSA) is 127 Å². The van der Waals surface area contributed by atoms with E-state index in [1.807, 2.05) is 41.1 Å². The number of likely N-dealkylation sites (tertiary alicyclic amines) is 1. The molecule has 2 aromatic carbocycles. The monoisotopic (exact) mass is 670 g/mol. The molecule has 5 heterocycles. The van der Waals surface area contributed by atoms with Crippen LogP contribution in [0, 0.1) is 5.92 Å². The SMILES string of the molecule is COC(=O)C1CCN([C@H]2CCCn3nc(C(=O)Nc4cccc(-c5cccc(Nc6nccc7nccnc67)c5Cl)c4Cl)cc32)CC1. The number of halogens is 2. The number of ether oxygens (including phenoxy) is 1. The van der Waals surface area contributed by atoms with Crippen LogP contribution in [0.15, 0.2) is 67.1 Å². The first-order chi connectivity index (χ1) is 22.9. The Morgan fingerprint density at radius 1 is 0.872 bits per heavy atom. The molecule has 1 atom stereocenters. The Kier molecular flexibility index (Phi) is 8.76. The van der Waals surface area contributed by atoms with Gasteiger partial charge in [-0.05, 0) is 63.0 Å². The van der Waals surface area contributed by atoms with Crippen molar-refractivity contribution in [1.82, 2.24) is 29.6 Å². The number of aromatic nitrogens is 5. The highest BCUT2D eigenvalue weighted by molar-refractivity contribution is 6.39. The zero-order valence-corrected chi connectivity index (χ0v) is 27.1. The smallest absolute Gasteiger partial charge is 0.308 e. The van der Waals surface area contributed by atoms with Gasteiger partial charge in [0.15, 0.2) is 11.5 Å². The first-order valence-corrected chi connectivity index (χ1v) is 16.3. The van der Waals surface area contributed by atoms with E-state index in [9.17, 15) is 9.59 Å².